The van der Waals surface area contributed by atoms with Gasteiger partial charge in [0.2, 0.25) is 0 Å². The Balaban J connectivity index is 2.70. The molecular formula is C17H13ClF4N2O3. The van der Waals surface area contributed by atoms with Crippen molar-refractivity contribution >= 4 is 11.6 Å². The number of ether oxygens (including phenoxy) is 2. The van der Waals surface area contributed by atoms with E-state index in [0.717, 1.165) is 12.1 Å². The number of hydrogen-bond acceptors (Lipinski definition) is 4. The van der Waals surface area contributed by atoms with E-state index in [-0.39, 0.29) is 30.1 Å². The summed E-state index contributed by atoms with van der Waals surface area (Å²) >= 11 is 5.86. The van der Waals surface area contributed by atoms with E-state index in [4.69, 9.17) is 27.5 Å². The van der Waals surface area contributed by atoms with Gasteiger partial charge >= 0.3 is 12.2 Å². The van der Waals surface area contributed by atoms with E-state index in [1.807, 2.05) is 0 Å². The summed E-state index contributed by atoms with van der Waals surface area (Å²) in [7, 11) is 0. The quantitative estimate of drug-likeness (QED) is 0.542. The topological polar surface area (TPSA) is 53.4 Å². The number of alkyl halides is 3. The van der Waals surface area contributed by atoms with Crippen molar-refractivity contribution in [2.24, 2.45) is 0 Å². The summed E-state index contributed by atoms with van der Waals surface area (Å²) in [5.41, 5.74) is -3.08. The van der Waals surface area contributed by atoms with Crippen molar-refractivity contribution in [3.63, 3.8) is 0 Å². The van der Waals surface area contributed by atoms with Crippen LogP contribution in [0.1, 0.15) is 19.0 Å². The van der Waals surface area contributed by atoms with Crippen LogP contribution in [0.5, 0.6) is 11.8 Å². The van der Waals surface area contributed by atoms with Crippen LogP contribution in [-0.2, 0) is 6.18 Å². The largest absolute Gasteiger partial charge is 0.479 e. The predicted molar refractivity (Wildman–Crippen MR) is 89.9 cm³/mol. The molecule has 0 unspecified atom stereocenters. The fourth-order valence-corrected chi connectivity index (χ4v) is 2.24. The highest BCUT2D eigenvalue weighted by Gasteiger charge is 2.35. The van der Waals surface area contributed by atoms with Crippen LogP contribution < -0.4 is 15.0 Å². The molecule has 0 N–H and O–H groups in total. The molecule has 0 radical (unpaired) electrons. The van der Waals surface area contributed by atoms with Gasteiger partial charge < -0.3 is 9.47 Å². The Bertz CT molecular complexity index is 935. The van der Waals surface area contributed by atoms with Crippen LogP contribution in [0.4, 0.5) is 17.6 Å². The molecule has 27 heavy (non-hydrogen) atoms. The first-order valence-corrected chi connectivity index (χ1v) is 7.96. The molecular weight excluding hydrogens is 392 g/mol. The molecule has 0 aliphatic carbocycles. The summed E-state index contributed by atoms with van der Waals surface area (Å²) in [6.07, 6.45) is 0.632. The highest BCUT2D eigenvalue weighted by atomic mass is 35.5. The lowest BCUT2D eigenvalue weighted by atomic mass is 10.2. The predicted octanol–water partition coefficient (Wildman–Crippen LogP) is 3.84. The standard InChI is InChI=1S/C17H13ClF4N2O3/c1-3-5-26-13-8-12(11(19)7-10(13)18)24-15(25)9-14(17(20,21)22)23-16(24)27-6-4-2/h1,7-9H,4-6H2,2H3. The van der Waals surface area contributed by atoms with Crippen LogP contribution in [0.2, 0.25) is 5.02 Å². The van der Waals surface area contributed by atoms with Crippen LogP contribution in [0.15, 0.2) is 23.0 Å². The molecule has 0 saturated heterocycles. The second-order valence-corrected chi connectivity index (χ2v) is 5.58. The molecule has 0 saturated carbocycles. The summed E-state index contributed by atoms with van der Waals surface area (Å²) in [6.45, 7) is 1.47. The zero-order valence-corrected chi connectivity index (χ0v) is 14.7. The lowest BCUT2D eigenvalue weighted by molar-refractivity contribution is -0.141. The molecule has 144 valence electrons. The summed E-state index contributed by atoms with van der Waals surface area (Å²) < 4.78 is 64.1. The zero-order chi connectivity index (χ0) is 20.2. The number of nitrogens with zero attached hydrogens (tertiary/aromatic N) is 2. The number of terminal acetylenes is 1. The van der Waals surface area contributed by atoms with E-state index in [0.29, 0.717) is 11.0 Å². The highest BCUT2D eigenvalue weighted by molar-refractivity contribution is 6.32. The Morgan fingerprint density at radius 1 is 1.30 bits per heavy atom. The van der Waals surface area contributed by atoms with Gasteiger partial charge in [-0.1, -0.05) is 24.4 Å². The van der Waals surface area contributed by atoms with Crippen molar-refractivity contribution < 1.29 is 27.0 Å². The average molecular weight is 405 g/mol. The summed E-state index contributed by atoms with van der Waals surface area (Å²) in [5, 5.41) is -0.129. The van der Waals surface area contributed by atoms with E-state index in [9.17, 15) is 22.4 Å². The molecule has 0 aliphatic rings. The minimum absolute atomic E-state index is 0.0383. The van der Waals surface area contributed by atoms with E-state index in [2.05, 4.69) is 10.9 Å². The Labute approximate surface area is 156 Å². The SMILES string of the molecule is C#CCOc1cc(-n2c(OCCC)nc(C(F)(F)F)cc2=O)c(F)cc1Cl. The molecule has 1 heterocycles. The van der Waals surface area contributed by atoms with Gasteiger partial charge in [-0.05, 0) is 12.5 Å². The first-order valence-electron chi connectivity index (χ1n) is 7.58. The Morgan fingerprint density at radius 3 is 2.59 bits per heavy atom. The first-order chi connectivity index (χ1) is 12.7. The average Bonchev–Trinajstić information content (AvgIpc) is 2.58. The van der Waals surface area contributed by atoms with Crippen LogP contribution >= 0.6 is 11.6 Å². The molecule has 0 bridgehead atoms. The summed E-state index contributed by atoms with van der Waals surface area (Å²) in [4.78, 5) is 15.6. The van der Waals surface area contributed by atoms with Crippen molar-refractivity contribution in [1.29, 1.82) is 0 Å². The number of aromatic nitrogens is 2. The number of hydrogen-bond donors (Lipinski definition) is 0. The normalized spacial score (nSPS) is 11.1. The van der Waals surface area contributed by atoms with Gasteiger partial charge in [-0.3, -0.25) is 4.79 Å². The highest BCUT2D eigenvalue weighted by Crippen LogP contribution is 2.32. The first kappa shape index (κ1) is 20.6. The third kappa shape index (κ3) is 4.71. The molecule has 0 atom stereocenters. The molecule has 5 nitrogen and oxygen atoms in total. The number of benzene rings is 1. The van der Waals surface area contributed by atoms with Gasteiger partial charge in [-0.2, -0.15) is 18.2 Å². The third-order valence-corrected chi connectivity index (χ3v) is 3.46. The second-order valence-electron chi connectivity index (χ2n) is 5.17. The Kier molecular flexibility index (Phi) is 6.33. The lowest BCUT2D eigenvalue weighted by Gasteiger charge is -2.16. The van der Waals surface area contributed by atoms with Gasteiger partial charge in [0, 0.05) is 12.1 Å². The van der Waals surface area contributed by atoms with E-state index in [1.54, 1.807) is 6.92 Å². The van der Waals surface area contributed by atoms with Crippen molar-refractivity contribution in [3.05, 3.63) is 45.1 Å². The van der Waals surface area contributed by atoms with Gasteiger partial charge in [0.1, 0.15) is 18.2 Å². The van der Waals surface area contributed by atoms with Crippen molar-refractivity contribution in [2.45, 2.75) is 19.5 Å². The van der Waals surface area contributed by atoms with Gasteiger partial charge in [-0.15, -0.1) is 6.42 Å². The molecule has 0 spiro atoms. The van der Waals surface area contributed by atoms with Gasteiger partial charge in [0.05, 0.1) is 17.3 Å². The fourth-order valence-electron chi connectivity index (χ4n) is 2.04. The van der Waals surface area contributed by atoms with Crippen LogP contribution in [0.3, 0.4) is 0 Å². The molecule has 2 rings (SSSR count). The minimum Gasteiger partial charge on any atom is -0.479 e. The maximum Gasteiger partial charge on any atom is 0.433 e. The number of halogens is 5. The second kappa shape index (κ2) is 8.31. The van der Waals surface area contributed by atoms with Gasteiger partial charge in [0.15, 0.2) is 5.69 Å². The number of rotatable bonds is 6. The van der Waals surface area contributed by atoms with Gasteiger partial charge in [0.25, 0.3) is 5.56 Å². The molecule has 1 aromatic carbocycles. The Morgan fingerprint density at radius 2 is 2.00 bits per heavy atom. The molecule has 10 heteroatoms. The summed E-state index contributed by atoms with van der Waals surface area (Å²) in [6, 6.07) is 1.41. The van der Waals surface area contributed by atoms with Crippen molar-refractivity contribution in [1.82, 2.24) is 9.55 Å². The minimum atomic E-state index is -4.87. The van der Waals surface area contributed by atoms with E-state index in [1.165, 1.54) is 0 Å². The Hall–Kier alpha value is -2.73. The maximum atomic E-state index is 14.4. The van der Waals surface area contributed by atoms with Crippen LogP contribution in [0.25, 0.3) is 5.69 Å². The van der Waals surface area contributed by atoms with Crippen molar-refractivity contribution in [2.75, 3.05) is 13.2 Å². The monoisotopic (exact) mass is 404 g/mol. The van der Waals surface area contributed by atoms with Crippen LogP contribution in [0, 0.1) is 18.2 Å². The van der Waals surface area contributed by atoms with Gasteiger partial charge in [-0.25, -0.2) is 8.96 Å². The van der Waals surface area contributed by atoms with Crippen LogP contribution in [-0.4, -0.2) is 22.8 Å². The maximum absolute atomic E-state index is 14.4. The zero-order valence-electron chi connectivity index (χ0n) is 13.9. The van der Waals surface area contributed by atoms with E-state index >= 15 is 0 Å². The molecule has 1 aromatic heterocycles. The third-order valence-electron chi connectivity index (χ3n) is 3.17. The molecule has 2 aromatic rings. The molecule has 0 aliphatic heterocycles. The molecule has 0 amide bonds. The summed E-state index contributed by atoms with van der Waals surface area (Å²) in [5.74, 6) is 1.14. The smallest absolute Gasteiger partial charge is 0.433 e. The van der Waals surface area contributed by atoms with Crippen molar-refractivity contribution in [3.8, 4) is 29.8 Å². The fraction of sp³-hybridized carbons (Fsp3) is 0.294. The van der Waals surface area contributed by atoms with E-state index < -0.39 is 34.9 Å². The molecule has 0 fully saturated rings. The lowest BCUT2D eigenvalue weighted by Crippen LogP contribution is -2.26.